The number of amides is 1. The molecule has 7 nitrogen and oxygen atoms in total. The first kappa shape index (κ1) is 20.1. The molecule has 0 bridgehead atoms. The van der Waals surface area contributed by atoms with E-state index in [0.717, 1.165) is 12.5 Å². The molecule has 0 saturated carbocycles. The molecule has 0 aliphatic carbocycles. The topological polar surface area (TPSA) is 116 Å². The molecule has 7 heteroatoms. The number of esters is 1. The van der Waals surface area contributed by atoms with E-state index in [2.05, 4.69) is 4.99 Å². The van der Waals surface area contributed by atoms with Crippen LogP contribution in [0.15, 0.2) is 4.99 Å². The van der Waals surface area contributed by atoms with Crippen LogP contribution in [0.1, 0.15) is 53.9 Å². The highest BCUT2D eigenvalue weighted by Crippen LogP contribution is 2.24. The zero-order valence-electron chi connectivity index (χ0n) is 13.8. The molecule has 0 aliphatic rings. The number of unbranched alkanes of at least 4 members (excludes halogenated alkanes) is 1. The number of hydrogen-bond donors (Lipinski definition) is 1. The second-order valence-electron chi connectivity index (χ2n) is 6.33. The summed E-state index contributed by atoms with van der Waals surface area (Å²) in [4.78, 5) is 49.6. The van der Waals surface area contributed by atoms with Gasteiger partial charge in [0.1, 0.15) is 22.8 Å². The number of rotatable bonds is 7. The summed E-state index contributed by atoms with van der Waals surface area (Å²) in [6.45, 7) is 8.03. The molecule has 1 amide bonds. The van der Waals surface area contributed by atoms with E-state index in [1.165, 1.54) is 6.92 Å². The van der Waals surface area contributed by atoms with Gasteiger partial charge in [0.2, 0.25) is 6.08 Å². The lowest BCUT2D eigenvalue weighted by atomic mass is 9.81. The van der Waals surface area contributed by atoms with Crippen LogP contribution in [0.4, 0.5) is 0 Å². The summed E-state index contributed by atoms with van der Waals surface area (Å²) < 4.78 is 5.16. The molecule has 0 aliphatic heterocycles. The maximum absolute atomic E-state index is 12.2. The standard InChI is InChI=1S/C15H24N2O5/c1-6-7-8-10(19)11(12(20)17-9-18)15(5,16)13(21)22-14(2,3)4/h11H,6-8,16H2,1-5H3. The highest BCUT2D eigenvalue weighted by molar-refractivity contribution is 6.08. The van der Waals surface area contributed by atoms with Crippen molar-refractivity contribution in [2.75, 3.05) is 0 Å². The molecule has 2 unspecified atom stereocenters. The molecule has 0 spiro atoms. The van der Waals surface area contributed by atoms with Crippen LogP contribution < -0.4 is 5.73 Å². The molecule has 2 atom stereocenters. The van der Waals surface area contributed by atoms with Gasteiger partial charge in [-0.25, -0.2) is 4.79 Å². The van der Waals surface area contributed by atoms with Gasteiger partial charge in [-0.3, -0.25) is 14.4 Å². The number of ketones is 1. The first-order valence-electron chi connectivity index (χ1n) is 7.14. The van der Waals surface area contributed by atoms with Gasteiger partial charge < -0.3 is 10.5 Å². The smallest absolute Gasteiger partial charge is 0.327 e. The summed E-state index contributed by atoms with van der Waals surface area (Å²) in [5.74, 6) is -4.08. The Labute approximate surface area is 130 Å². The summed E-state index contributed by atoms with van der Waals surface area (Å²) in [5, 5.41) is 0. The predicted octanol–water partition coefficient (Wildman–Crippen LogP) is 1.28. The molecule has 0 rings (SSSR count). The SMILES string of the molecule is CCCCC(=O)C(C(=O)N=C=O)C(C)(N)C(=O)OC(C)(C)C. The molecule has 0 saturated heterocycles. The zero-order valence-corrected chi connectivity index (χ0v) is 13.8. The van der Waals surface area contributed by atoms with Crippen molar-refractivity contribution in [1.29, 1.82) is 0 Å². The van der Waals surface area contributed by atoms with E-state index < -0.39 is 34.7 Å². The summed E-state index contributed by atoms with van der Waals surface area (Å²) >= 11 is 0. The maximum Gasteiger partial charge on any atom is 0.327 e. The fourth-order valence-corrected chi connectivity index (χ4v) is 1.84. The normalized spacial score (nSPS) is 15.2. The predicted molar refractivity (Wildman–Crippen MR) is 79.6 cm³/mol. The van der Waals surface area contributed by atoms with Gasteiger partial charge in [-0.2, -0.15) is 0 Å². The highest BCUT2D eigenvalue weighted by Gasteiger charge is 2.48. The number of isocyanates is 1. The molecule has 0 heterocycles. The molecule has 2 N–H and O–H groups in total. The number of carbonyl (C=O) groups excluding carboxylic acids is 4. The van der Waals surface area contributed by atoms with Crippen molar-refractivity contribution >= 4 is 23.7 Å². The van der Waals surface area contributed by atoms with Crippen LogP contribution in [0, 0.1) is 5.92 Å². The minimum Gasteiger partial charge on any atom is -0.459 e. The number of carbonyl (C=O) groups is 3. The zero-order chi connectivity index (χ0) is 17.6. The Morgan fingerprint density at radius 3 is 2.18 bits per heavy atom. The molecule has 0 aromatic carbocycles. The van der Waals surface area contributed by atoms with Crippen molar-refractivity contribution < 1.29 is 23.9 Å². The van der Waals surface area contributed by atoms with Gasteiger partial charge >= 0.3 is 5.97 Å². The van der Waals surface area contributed by atoms with Crippen LogP contribution in [0.25, 0.3) is 0 Å². The number of Topliss-reactive ketones (excluding diaryl/α,β-unsaturated/α-hetero) is 1. The van der Waals surface area contributed by atoms with Gasteiger partial charge in [0.15, 0.2) is 0 Å². The summed E-state index contributed by atoms with van der Waals surface area (Å²) in [5.41, 5.74) is 3.17. The maximum atomic E-state index is 12.2. The van der Waals surface area contributed by atoms with Gasteiger partial charge in [-0.15, -0.1) is 4.99 Å². The molecule has 0 fully saturated rings. The van der Waals surface area contributed by atoms with E-state index in [4.69, 9.17) is 10.5 Å². The Bertz CT molecular complexity index is 485. The van der Waals surface area contributed by atoms with E-state index in [1.807, 2.05) is 6.92 Å². The fraction of sp³-hybridized carbons (Fsp3) is 0.733. The number of nitrogens with two attached hydrogens (primary N) is 1. The Hall–Kier alpha value is -1.85. The fourth-order valence-electron chi connectivity index (χ4n) is 1.84. The van der Waals surface area contributed by atoms with Gasteiger partial charge in [-0.1, -0.05) is 13.3 Å². The van der Waals surface area contributed by atoms with Crippen LogP contribution in [0.5, 0.6) is 0 Å². The molecule has 0 aromatic heterocycles. The Balaban J connectivity index is 5.54. The van der Waals surface area contributed by atoms with Crippen LogP contribution in [-0.4, -0.2) is 34.9 Å². The molecule has 0 radical (unpaired) electrons. The summed E-state index contributed by atoms with van der Waals surface area (Å²) in [6, 6.07) is 0. The van der Waals surface area contributed by atoms with Gasteiger partial charge in [0.25, 0.3) is 5.91 Å². The number of hydrogen-bond acceptors (Lipinski definition) is 6. The second-order valence-corrected chi connectivity index (χ2v) is 6.33. The quantitative estimate of drug-likeness (QED) is 0.327. The Morgan fingerprint density at radius 2 is 1.77 bits per heavy atom. The average molecular weight is 312 g/mol. The largest absolute Gasteiger partial charge is 0.459 e. The lowest BCUT2D eigenvalue weighted by Gasteiger charge is -2.32. The number of aliphatic imine (C=N–C) groups is 1. The number of nitrogens with zero attached hydrogens (tertiary/aromatic N) is 1. The van der Waals surface area contributed by atoms with E-state index in [9.17, 15) is 19.2 Å². The van der Waals surface area contributed by atoms with Gasteiger partial charge in [-0.05, 0) is 34.1 Å². The summed E-state index contributed by atoms with van der Waals surface area (Å²) in [6.07, 6.45) is 2.42. The summed E-state index contributed by atoms with van der Waals surface area (Å²) in [7, 11) is 0. The van der Waals surface area contributed by atoms with E-state index in [-0.39, 0.29) is 6.42 Å². The van der Waals surface area contributed by atoms with Crippen molar-refractivity contribution in [3.05, 3.63) is 0 Å². The molecule has 124 valence electrons. The molecule has 0 aromatic rings. The molecular formula is C15H24N2O5. The van der Waals surface area contributed by atoms with Crippen molar-refractivity contribution in [2.45, 2.75) is 65.0 Å². The first-order chi connectivity index (χ1) is 9.97. The van der Waals surface area contributed by atoms with E-state index >= 15 is 0 Å². The third kappa shape index (κ3) is 5.87. The van der Waals surface area contributed by atoms with E-state index in [0.29, 0.717) is 6.42 Å². The van der Waals surface area contributed by atoms with Crippen molar-refractivity contribution in [3.8, 4) is 0 Å². The minimum absolute atomic E-state index is 0.0663. The minimum atomic E-state index is -1.91. The van der Waals surface area contributed by atoms with Crippen molar-refractivity contribution in [2.24, 2.45) is 16.6 Å². The lowest BCUT2D eigenvalue weighted by Crippen LogP contribution is -2.58. The van der Waals surface area contributed by atoms with Crippen LogP contribution in [0.3, 0.4) is 0 Å². The third-order valence-corrected chi connectivity index (χ3v) is 2.94. The second kappa shape index (κ2) is 7.96. The van der Waals surface area contributed by atoms with Gasteiger partial charge in [0.05, 0.1) is 0 Å². The van der Waals surface area contributed by atoms with Crippen molar-refractivity contribution in [3.63, 3.8) is 0 Å². The Kier molecular flexibility index (Phi) is 7.29. The van der Waals surface area contributed by atoms with Crippen molar-refractivity contribution in [1.82, 2.24) is 0 Å². The Morgan fingerprint density at radius 1 is 1.23 bits per heavy atom. The first-order valence-corrected chi connectivity index (χ1v) is 7.14. The van der Waals surface area contributed by atoms with Crippen LogP contribution >= 0.6 is 0 Å². The van der Waals surface area contributed by atoms with Crippen LogP contribution in [0.2, 0.25) is 0 Å². The average Bonchev–Trinajstić information content (AvgIpc) is 2.34. The monoisotopic (exact) mass is 312 g/mol. The van der Waals surface area contributed by atoms with Gasteiger partial charge in [0, 0.05) is 6.42 Å². The van der Waals surface area contributed by atoms with E-state index in [1.54, 1.807) is 20.8 Å². The van der Waals surface area contributed by atoms with Crippen LogP contribution in [-0.2, 0) is 23.9 Å². The lowest BCUT2D eigenvalue weighted by molar-refractivity contribution is -0.166. The molecule has 22 heavy (non-hydrogen) atoms. The highest BCUT2D eigenvalue weighted by atomic mass is 16.6. The molecular weight excluding hydrogens is 288 g/mol. The third-order valence-electron chi connectivity index (χ3n) is 2.94. The number of ether oxygens (including phenoxy) is 1.